The molecule has 0 fully saturated rings. The van der Waals surface area contributed by atoms with Gasteiger partial charge in [-0.3, -0.25) is 9.79 Å². The van der Waals surface area contributed by atoms with Crippen LogP contribution in [0.2, 0.25) is 0 Å². The minimum atomic E-state index is -1.14. The highest BCUT2D eigenvalue weighted by atomic mass is 32.1. The van der Waals surface area contributed by atoms with Gasteiger partial charge in [0.25, 0.3) is 5.91 Å². The lowest BCUT2D eigenvalue weighted by atomic mass is 10.1. The molecule has 1 atom stereocenters. The molecule has 2 aromatic rings. The molecule has 0 aliphatic rings. The van der Waals surface area contributed by atoms with E-state index in [9.17, 15) is 9.59 Å². The third-order valence-electron chi connectivity index (χ3n) is 3.12. The lowest BCUT2D eigenvalue weighted by Crippen LogP contribution is -2.42. The van der Waals surface area contributed by atoms with Crippen LogP contribution < -0.4 is 5.32 Å². The summed E-state index contributed by atoms with van der Waals surface area (Å²) in [6, 6.07) is 3.74. The molecule has 0 bridgehead atoms. The molecule has 1 aromatic carbocycles. The van der Waals surface area contributed by atoms with Gasteiger partial charge < -0.3 is 14.9 Å². The highest BCUT2D eigenvalue weighted by molar-refractivity contribution is 7.80. The number of hydrogen-bond acceptors (Lipinski definition) is 6. The Labute approximate surface area is 144 Å². The van der Waals surface area contributed by atoms with Gasteiger partial charge >= 0.3 is 5.97 Å². The molecular weight excluding hydrogens is 330 g/mol. The van der Waals surface area contributed by atoms with E-state index in [0.29, 0.717) is 11.3 Å². The number of hydrogen-bond donors (Lipinski definition) is 3. The van der Waals surface area contributed by atoms with Crippen molar-refractivity contribution in [3.05, 3.63) is 29.5 Å². The Morgan fingerprint density at radius 1 is 1.46 bits per heavy atom. The van der Waals surface area contributed by atoms with Gasteiger partial charge in [-0.25, -0.2) is 4.79 Å². The Bertz CT molecular complexity index is 792. The van der Waals surface area contributed by atoms with Gasteiger partial charge in [0.15, 0.2) is 5.58 Å². The number of aromatic nitrogens is 1. The molecular formula is C16H19N3O4S. The molecule has 24 heavy (non-hydrogen) atoms. The first kappa shape index (κ1) is 18.0. The van der Waals surface area contributed by atoms with Crippen LogP contribution in [0, 0.1) is 0 Å². The van der Waals surface area contributed by atoms with Gasteiger partial charge in [-0.1, -0.05) is 5.16 Å². The first-order valence-corrected chi connectivity index (χ1v) is 7.93. The minimum Gasteiger partial charge on any atom is -0.480 e. The third-order valence-corrected chi connectivity index (χ3v) is 3.49. The molecule has 1 amide bonds. The summed E-state index contributed by atoms with van der Waals surface area (Å²) in [7, 11) is 0. The van der Waals surface area contributed by atoms with E-state index >= 15 is 0 Å². The number of nitrogens with one attached hydrogen (secondary N) is 1. The molecule has 1 unspecified atom stereocenters. The second kappa shape index (κ2) is 7.04. The topological polar surface area (TPSA) is 105 Å². The highest BCUT2D eigenvalue weighted by Crippen LogP contribution is 2.20. The van der Waals surface area contributed by atoms with Crippen LogP contribution in [0.25, 0.3) is 11.0 Å². The fourth-order valence-corrected chi connectivity index (χ4v) is 2.12. The van der Waals surface area contributed by atoms with Gasteiger partial charge in [0.05, 0.1) is 17.1 Å². The fourth-order valence-electron chi connectivity index (χ4n) is 1.87. The van der Waals surface area contributed by atoms with Crippen LogP contribution >= 0.6 is 12.6 Å². The number of fused-ring (bicyclic) bond motifs is 1. The minimum absolute atomic E-state index is 0.000952. The van der Waals surface area contributed by atoms with Crippen molar-refractivity contribution in [2.45, 2.75) is 32.4 Å². The summed E-state index contributed by atoms with van der Waals surface area (Å²) in [5, 5.41) is 16.0. The van der Waals surface area contributed by atoms with Crippen molar-refractivity contribution in [3.63, 3.8) is 0 Å². The van der Waals surface area contributed by atoms with Gasteiger partial charge in [-0.15, -0.1) is 0 Å². The summed E-state index contributed by atoms with van der Waals surface area (Å²) < 4.78 is 5.23. The molecule has 2 N–H and O–H groups in total. The standard InChI is InChI=1S/C16H19N3O4S/c1-16(2,3)17-7-11-10-5-4-9(6-13(10)23-19-11)14(20)18-12(8-24)15(21)22/h4-7,12,24H,8H2,1-3H3,(H,18,20)(H,21,22)/b17-7-. The third kappa shape index (κ3) is 4.35. The van der Waals surface area contributed by atoms with Crippen molar-refractivity contribution in [2.75, 3.05) is 5.75 Å². The van der Waals surface area contributed by atoms with Crippen LogP contribution in [0.15, 0.2) is 27.7 Å². The van der Waals surface area contributed by atoms with Crippen LogP contribution in [0.1, 0.15) is 36.8 Å². The van der Waals surface area contributed by atoms with Crippen LogP contribution in [0.4, 0.5) is 0 Å². The lowest BCUT2D eigenvalue weighted by molar-refractivity contribution is -0.138. The number of nitrogens with zero attached hydrogens (tertiary/aromatic N) is 2. The van der Waals surface area contributed by atoms with Gasteiger partial charge in [0, 0.05) is 11.3 Å². The largest absolute Gasteiger partial charge is 0.480 e. The molecule has 0 aliphatic carbocycles. The van der Waals surface area contributed by atoms with Crippen LogP contribution in [-0.2, 0) is 4.79 Å². The molecule has 2 rings (SSSR count). The SMILES string of the molecule is CC(C)(C)/N=C\c1noc2cc(C(=O)NC(CS)C(=O)O)ccc12. The Morgan fingerprint density at radius 3 is 2.75 bits per heavy atom. The first-order chi connectivity index (χ1) is 11.2. The van der Waals surface area contributed by atoms with Crippen molar-refractivity contribution >= 4 is 41.7 Å². The van der Waals surface area contributed by atoms with Gasteiger partial charge in [0.2, 0.25) is 0 Å². The van der Waals surface area contributed by atoms with Crippen LogP contribution in [-0.4, -0.2) is 45.7 Å². The van der Waals surface area contributed by atoms with Crippen molar-refractivity contribution in [3.8, 4) is 0 Å². The number of aliphatic imine (C=N–C) groups is 1. The molecule has 0 spiro atoms. The number of rotatable bonds is 5. The molecule has 8 heteroatoms. The molecule has 0 saturated carbocycles. The van der Waals surface area contributed by atoms with Gasteiger partial charge in [-0.05, 0) is 39.0 Å². The number of amides is 1. The van der Waals surface area contributed by atoms with E-state index in [4.69, 9.17) is 9.63 Å². The smallest absolute Gasteiger partial charge is 0.327 e. The number of thiol groups is 1. The predicted octanol–water partition coefficient (Wildman–Crippen LogP) is 2.16. The average Bonchev–Trinajstić information content (AvgIpc) is 2.91. The van der Waals surface area contributed by atoms with E-state index in [0.717, 1.165) is 5.39 Å². The molecule has 7 nitrogen and oxygen atoms in total. The predicted molar refractivity (Wildman–Crippen MR) is 94.1 cm³/mol. The van der Waals surface area contributed by atoms with E-state index in [1.54, 1.807) is 18.3 Å². The molecule has 1 heterocycles. The maximum Gasteiger partial charge on any atom is 0.327 e. The fraction of sp³-hybridized carbons (Fsp3) is 0.375. The second-order valence-corrected chi connectivity index (χ2v) is 6.62. The number of carbonyl (C=O) groups excluding carboxylic acids is 1. The zero-order chi connectivity index (χ0) is 17.9. The van der Waals surface area contributed by atoms with Crippen molar-refractivity contribution in [1.29, 1.82) is 0 Å². The van der Waals surface area contributed by atoms with Crippen molar-refractivity contribution in [1.82, 2.24) is 10.5 Å². The Balaban J connectivity index is 2.25. The summed E-state index contributed by atoms with van der Waals surface area (Å²) in [5.41, 5.74) is 1.05. The summed E-state index contributed by atoms with van der Waals surface area (Å²) >= 11 is 3.91. The Kier molecular flexibility index (Phi) is 5.28. The first-order valence-electron chi connectivity index (χ1n) is 7.30. The Morgan fingerprint density at radius 2 is 2.17 bits per heavy atom. The number of benzene rings is 1. The quantitative estimate of drug-likeness (QED) is 0.567. The maximum absolute atomic E-state index is 12.1. The number of carboxylic acid groups (broad SMARTS) is 1. The molecule has 0 radical (unpaired) electrons. The van der Waals surface area contributed by atoms with Crippen molar-refractivity contribution in [2.24, 2.45) is 4.99 Å². The monoisotopic (exact) mass is 349 g/mol. The van der Waals surface area contributed by atoms with E-state index in [2.05, 4.69) is 28.1 Å². The van der Waals surface area contributed by atoms with Crippen LogP contribution in [0.5, 0.6) is 0 Å². The lowest BCUT2D eigenvalue weighted by Gasteiger charge is -2.11. The second-order valence-electron chi connectivity index (χ2n) is 6.25. The number of carbonyl (C=O) groups is 2. The van der Waals surface area contributed by atoms with Gasteiger partial charge in [0.1, 0.15) is 11.7 Å². The summed E-state index contributed by atoms with van der Waals surface area (Å²) in [6.07, 6.45) is 1.63. The zero-order valence-corrected chi connectivity index (χ0v) is 14.5. The number of aliphatic carboxylic acids is 1. The van der Waals surface area contributed by atoms with E-state index in [1.807, 2.05) is 20.8 Å². The highest BCUT2D eigenvalue weighted by Gasteiger charge is 2.20. The van der Waals surface area contributed by atoms with Gasteiger partial charge in [-0.2, -0.15) is 12.6 Å². The van der Waals surface area contributed by atoms with Crippen LogP contribution in [0.3, 0.4) is 0 Å². The summed E-state index contributed by atoms with van der Waals surface area (Å²) in [6.45, 7) is 5.90. The van der Waals surface area contributed by atoms with E-state index in [-0.39, 0.29) is 16.9 Å². The van der Waals surface area contributed by atoms with E-state index < -0.39 is 17.9 Å². The Hall–Kier alpha value is -2.35. The average molecular weight is 349 g/mol. The molecule has 1 aromatic heterocycles. The van der Waals surface area contributed by atoms with E-state index in [1.165, 1.54) is 6.07 Å². The summed E-state index contributed by atoms with van der Waals surface area (Å²) in [4.78, 5) is 27.5. The number of carboxylic acids is 1. The zero-order valence-electron chi connectivity index (χ0n) is 13.6. The normalized spacial score (nSPS) is 13.3. The van der Waals surface area contributed by atoms with Crippen molar-refractivity contribution < 1.29 is 19.2 Å². The summed E-state index contributed by atoms with van der Waals surface area (Å²) in [5.74, 6) is -1.65. The molecule has 0 saturated heterocycles. The molecule has 0 aliphatic heterocycles. The molecule has 128 valence electrons. The maximum atomic E-state index is 12.1.